The fraction of sp³-hybridized carbons (Fsp3) is 0.111. The van der Waals surface area contributed by atoms with Gasteiger partial charge < -0.3 is 0 Å². The maximum atomic E-state index is 12.8. The molecule has 0 unspecified atom stereocenters. The average molecular weight is 203 g/mol. The number of hydrogen-bond acceptors (Lipinski definition) is 1. The Balaban J connectivity index is 2.89. The van der Waals surface area contributed by atoms with Crippen LogP contribution in [0.3, 0.4) is 0 Å². The number of thiol groups is 1. The van der Waals surface area contributed by atoms with Crippen molar-refractivity contribution in [1.29, 1.82) is 0 Å². The summed E-state index contributed by atoms with van der Waals surface area (Å²) in [5.41, 5.74) is 0.797. The summed E-state index contributed by atoms with van der Waals surface area (Å²) in [7, 11) is 0. The fourth-order valence-electron chi connectivity index (χ4n) is 0.805. The first kappa shape index (κ1) is 9.62. The van der Waals surface area contributed by atoms with E-state index >= 15 is 0 Å². The Morgan fingerprint density at radius 2 is 2.25 bits per heavy atom. The van der Waals surface area contributed by atoms with Gasteiger partial charge in [-0.3, -0.25) is 0 Å². The Bertz CT molecular complexity index is 297. The lowest BCUT2D eigenvalue weighted by molar-refractivity contribution is 0.628. The Hall–Kier alpha value is -0.470. The SMILES string of the molecule is Fc1cc(C=CCS)ccc1Cl. The monoisotopic (exact) mass is 202 g/mol. The van der Waals surface area contributed by atoms with Crippen molar-refractivity contribution in [2.75, 3.05) is 5.75 Å². The molecule has 0 bridgehead atoms. The molecule has 0 aliphatic carbocycles. The summed E-state index contributed by atoms with van der Waals surface area (Å²) in [6.45, 7) is 0. The molecule has 0 aromatic heterocycles. The molecule has 0 nitrogen and oxygen atoms in total. The highest BCUT2D eigenvalue weighted by Gasteiger charge is 1.97. The minimum absolute atomic E-state index is 0.151. The van der Waals surface area contributed by atoms with Crippen molar-refractivity contribution in [3.8, 4) is 0 Å². The van der Waals surface area contributed by atoms with Crippen LogP contribution in [-0.2, 0) is 0 Å². The Morgan fingerprint density at radius 3 is 2.83 bits per heavy atom. The molecule has 0 aliphatic rings. The van der Waals surface area contributed by atoms with Crippen LogP contribution in [0.2, 0.25) is 5.02 Å². The first-order valence-electron chi connectivity index (χ1n) is 3.46. The molecule has 0 heterocycles. The molecule has 1 aromatic carbocycles. The normalized spacial score (nSPS) is 10.9. The molecule has 0 saturated carbocycles. The average Bonchev–Trinajstić information content (AvgIpc) is 2.07. The van der Waals surface area contributed by atoms with Gasteiger partial charge in [0.2, 0.25) is 0 Å². The van der Waals surface area contributed by atoms with Crippen LogP contribution in [-0.4, -0.2) is 5.75 Å². The van der Waals surface area contributed by atoms with E-state index in [9.17, 15) is 4.39 Å². The van der Waals surface area contributed by atoms with E-state index in [0.717, 1.165) is 5.56 Å². The molecule has 0 aliphatic heterocycles. The van der Waals surface area contributed by atoms with Crippen LogP contribution in [0.15, 0.2) is 24.3 Å². The molecule has 0 radical (unpaired) electrons. The lowest BCUT2D eigenvalue weighted by atomic mass is 10.2. The first-order chi connectivity index (χ1) is 5.74. The second kappa shape index (κ2) is 4.53. The highest BCUT2D eigenvalue weighted by Crippen LogP contribution is 2.16. The predicted octanol–water partition coefficient (Wildman–Crippen LogP) is 3.42. The summed E-state index contributed by atoms with van der Waals surface area (Å²) in [5.74, 6) is 0.252. The Kier molecular flexibility index (Phi) is 3.63. The zero-order valence-corrected chi connectivity index (χ0v) is 7.95. The van der Waals surface area contributed by atoms with Gasteiger partial charge in [0.15, 0.2) is 0 Å². The largest absolute Gasteiger partial charge is 0.205 e. The standard InChI is InChI=1S/C9H8ClFS/c10-8-4-3-7(2-1-5-12)6-9(8)11/h1-4,6,12H,5H2. The molecule has 0 fully saturated rings. The second-order valence-electron chi connectivity index (χ2n) is 2.26. The molecule has 1 rings (SSSR count). The van der Waals surface area contributed by atoms with E-state index in [0.29, 0.717) is 5.75 Å². The number of benzene rings is 1. The van der Waals surface area contributed by atoms with E-state index in [4.69, 9.17) is 11.6 Å². The van der Waals surface area contributed by atoms with Crippen molar-refractivity contribution in [3.63, 3.8) is 0 Å². The summed E-state index contributed by atoms with van der Waals surface area (Å²) < 4.78 is 12.8. The lowest BCUT2D eigenvalue weighted by Crippen LogP contribution is -1.78. The smallest absolute Gasteiger partial charge is 0.142 e. The molecule has 1 aromatic rings. The van der Waals surface area contributed by atoms with Gasteiger partial charge in [-0.15, -0.1) is 0 Å². The molecular formula is C9H8ClFS. The van der Waals surface area contributed by atoms with Crippen molar-refractivity contribution in [2.24, 2.45) is 0 Å². The van der Waals surface area contributed by atoms with Crippen molar-refractivity contribution in [2.45, 2.75) is 0 Å². The minimum Gasteiger partial charge on any atom is -0.205 e. The quantitative estimate of drug-likeness (QED) is 0.699. The van der Waals surface area contributed by atoms with E-state index in [-0.39, 0.29) is 5.02 Å². The number of halogens is 2. The van der Waals surface area contributed by atoms with Gasteiger partial charge in [0.1, 0.15) is 5.82 Å². The summed E-state index contributed by atoms with van der Waals surface area (Å²) in [6.07, 6.45) is 3.64. The summed E-state index contributed by atoms with van der Waals surface area (Å²) in [5, 5.41) is 0.151. The molecule has 64 valence electrons. The van der Waals surface area contributed by atoms with Gasteiger partial charge in [-0.2, -0.15) is 12.6 Å². The molecule has 0 saturated heterocycles. The van der Waals surface area contributed by atoms with E-state index in [1.54, 1.807) is 12.1 Å². The topological polar surface area (TPSA) is 0 Å². The molecular weight excluding hydrogens is 195 g/mol. The van der Waals surface area contributed by atoms with E-state index in [1.165, 1.54) is 12.1 Å². The predicted molar refractivity (Wildman–Crippen MR) is 54.3 cm³/mol. The molecule has 0 amide bonds. The van der Waals surface area contributed by atoms with Gasteiger partial charge >= 0.3 is 0 Å². The Labute approximate surface area is 81.5 Å². The van der Waals surface area contributed by atoms with Gasteiger partial charge in [-0.1, -0.05) is 29.8 Å². The van der Waals surface area contributed by atoms with Crippen molar-refractivity contribution < 1.29 is 4.39 Å². The van der Waals surface area contributed by atoms with Crippen LogP contribution in [0.4, 0.5) is 4.39 Å². The highest BCUT2D eigenvalue weighted by atomic mass is 35.5. The van der Waals surface area contributed by atoms with Crippen LogP contribution in [0.1, 0.15) is 5.56 Å². The highest BCUT2D eigenvalue weighted by molar-refractivity contribution is 7.80. The maximum Gasteiger partial charge on any atom is 0.142 e. The van der Waals surface area contributed by atoms with Crippen LogP contribution in [0, 0.1) is 5.82 Å². The summed E-state index contributed by atoms with van der Waals surface area (Å²) in [4.78, 5) is 0. The van der Waals surface area contributed by atoms with Crippen LogP contribution in [0.25, 0.3) is 6.08 Å². The molecule has 12 heavy (non-hydrogen) atoms. The fourth-order valence-corrected chi connectivity index (χ4v) is 1.03. The first-order valence-corrected chi connectivity index (χ1v) is 4.47. The molecule has 3 heteroatoms. The van der Waals surface area contributed by atoms with E-state index in [2.05, 4.69) is 12.6 Å². The van der Waals surface area contributed by atoms with Crippen LogP contribution >= 0.6 is 24.2 Å². The van der Waals surface area contributed by atoms with Gasteiger partial charge in [0.05, 0.1) is 5.02 Å². The van der Waals surface area contributed by atoms with Crippen LogP contribution < -0.4 is 0 Å². The van der Waals surface area contributed by atoms with E-state index in [1.807, 2.05) is 6.08 Å². The summed E-state index contributed by atoms with van der Waals surface area (Å²) >= 11 is 9.49. The van der Waals surface area contributed by atoms with Gasteiger partial charge in [0.25, 0.3) is 0 Å². The minimum atomic E-state index is -0.391. The van der Waals surface area contributed by atoms with E-state index < -0.39 is 5.82 Å². The maximum absolute atomic E-state index is 12.8. The Morgan fingerprint density at radius 1 is 1.50 bits per heavy atom. The van der Waals surface area contributed by atoms with Crippen LogP contribution in [0.5, 0.6) is 0 Å². The zero-order chi connectivity index (χ0) is 8.97. The molecule has 0 N–H and O–H groups in total. The molecule has 0 atom stereocenters. The van der Waals surface area contributed by atoms with Crippen molar-refractivity contribution in [3.05, 3.63) is 40.7 Å². The number of hydrogen-bond donors (Lipinski definition) is 1. The van der Waals surface area contributed by atoms with Crippen molar-refractivity contribution in [1.82, 2.24) is 0 Å². The van der Waals surface area contributed by atoms with Gasteiger partial charge in [-0.05, 0) is 17.7 Å². The number of rotatable bonds is 2. The second-order valence-corrected chi connectivity index (χ2v) is 3.03. The zero-order valence-electron chi connectivity index (χ0n) is 6.30. The third-order valence-corrected chi connectivity index (χ3v) is 1.88. The third kappa shape index (κ3) is 2.54. The molecule has 0 spiro atoms. The summed E-state index contributed by atoms with van der Waals surface area (Å²) in [6, 6.07) is 4.68. The lowest BCUT2D eigenvalue weighted by Gasteiger charge is -1.95. The third-order valence-electron chi connectivity index (χ3n) is 1.36. The van der Waals surface area contributed by atoms with Gasteiger partial charge in [0, 0.05) is 5.75 Å². The van der Waals surface area contributed by atoms with Gasteiger partial charge in [-0.25, -0.2) is 4.39 Å². The van der Waals surface area contributed by atoms with Crippen molar-refractivity contribution >= 4 is 30.3 Å².